The van der Waals surface area contributed by atoms with Gasteiger partial charge < -0.3 is 15.4 Å². The fourth-order valence-corrected chi connectivity index (χ4v) is 3.09. The average molecular weight is 387 g/mol. The minimum absolute atomic E-state index is 0.250. The molecule has 2 aliphatic carbocycles. The second-order valence-electron chi connectivity index (χ2n) is 8.82. The first-order chi connectivity index (χ1) is 13.3. The predicted octanol–water partition coefficient (Wildman–Crippen LogP) is 4.12. The normalized spacial score (nSPS) is 17.2. The second kappa shape index (κ2) is 8.41. The maximum Gasteiger partial charge on any atom is 0.415 e. The van der Waals surface area contributed by atoms with E-state index in [1.54, 1.807) is 0 Å². The lowest BCUT2D eigenvalue weighted by Crippen LogP contribution is -2.38. The second-order valence-corrected chi connectivity index (χ2v) is 8.82. The number of rotatable bonds is 6. The number of nitrogens with zero attached hydrogens (tertiary/aromatic N) is 2. The van der Waals surface area contributed by atoms with Crippen LogP contribution in [0, 0.1) is 6.92 Å². The Bertz CT molecular complexity index is 731. The number of anilines is 1. The highest BCUT2D eigenvalue weighted by Gasteiger charge is 2.37. The third kappa shape index (κ3) is 5.88. The molecule has 2 saturated carbocycles. The number of benzene rings is 1. The molecule has 0 saturated heterocycles. The molecule has 1 amide bonds. The van der Waals surface area contributed by atoms with Crippen LogP contribution in [0.1, 0.15) is 64.5 Å². The molecule has 2 aliphatic rings. The zero-order valence-corrected chi connectivity index (χ0v) is 17.8. The van der Waals surface area contributed by atoms with Gasteiger partial charge in [-0.05, 0) is 77.5 Å². The maximum absolute atomic E-state index is 12.7. The van der Waals surface area contributed by atoms with Crippen molar-refractivity contribution < 1.29 is 9.53 Å². The van der Waals surface area contributed by atoms with Crippen LogP contribution >= 0.6 is 0 Å². The molecule has 28 heavy (non-hydrogen) atoms. The van der Waals surface area contributed by atoms with E-state index in [-0.39, 0.29) is 12.1 Å². The highest BCUT2D eigenvalue weighted by atomic mass is 16.6. The number of aryl methyl sites for hydroxylation is 1. The highest BCUT2D eigenvalue weighted by molar-refractivity contribution is 5.90. The smallest absolute Gasteiger partial charge is 0.415 e. The molecule has 0 atom stereocenters. The van der Waals surface area contributed by atoms with Crippen LogP contribution in [0.15, 0.2) is 23.2 Å². The summed E-state index contributed by atoms with van der Waals surface area (Å²) in [6, 6.07) is 7.04. The van der Waals surface area contributed by atoms with Gasteiger partial charge in [0.2, 0.25) is 0 Å². The lowest BCUT2D eigenvalue weighted by atomic mass is 10.1. The van der Waals surface area contributed by atoms with E-state index < -0.39 is 5.60 Å². The molecule has 2 fully saturated rings. The van der Waals surface area contributed by atoms with Crippen LogP contribution in [0.4, 0.5) is 10.5 Å². The summed E-state index contributed by atoms with van der Waals surface area (Å²) >= 11 is 0. The van der Waals surface area contributed by atoms with E-state index in [1.807, 2.05) is 31.7 Å². The van der Waals surface area contributed by atoms with Crippen LogP contribution in [0.25, 0.3) is 0 Å². The standard InChI is InChI=1S/C22H34N4O2/c1-6-23-20(25-17-8-9-17)24-14-16-7-12-19(15(2)13-16)26(18-10-11-18)21(27)28-22(3,4)5/h7,12-13,17-18H,6,8-11,14H2,1-5H3,(H2,23,24,25). The lowest BCUT2D eigenvalue weighted by Gasteiger charge is -2.28. The number of carbonyl (C=O) groups excluding carboxylic acids is 1. The van der Waals surface area contributed by atoms with E-state index in [0.29, 0.717) is 12.6 Å². The van der Waals surface area contributed by atoms with Gasteiger partial charge in [0.05, 0.1) is 12.2 Å². The van der Waals surface area contributed by atoms with Crippen LogP contribution < -0.4 is 15.5 Å². The van der Waals surface area contributed by atoms with Crippen molar-refractivity contribution in [3.8, 4) is 0 Å². The molecule has 0 radical (unpaired) electrons. The first-order valence-corrected chi connectivity index (χ1v) is 10.4. The minimum atomic E-state index is -0.496. The zero-order chi connectivity index (χ0) is 20.3. The molecule has 0 heterocycles. The van der Waals surface area contributed by atoms with Gasteiger partial charge in [-0.1, -0.05) is 12.1 Å². The van der Waals surface area contributed by atoms with E-state index in [9.17, 15) is 4.79 Å². The largest absolute Gasteiger partial charge is 0.443 e. The predicted molar refractivity (Wildman–Crippen MR) is 114 cm³/mol. The Labute approximate surface area is 168 Å². The SMILES string of the molecule is CCNC(=NCc1ccc(N(C(=O)OC(C)(C)C)C2CC2)c(C)c1)NC1CC1. The molecule has 0 spiro atoms. The number of amides is 1. The Morgan fingerprint density at radius 2 is 1.96 bits per heavy atom. The van der Waals surface area contributed by atoms with Crippen molar-refractivity contribution in [2.45, 2.75) is 84.5 Å². The Morgan fingerprint density at radius 1 is 1.25 bits per heavy atom. The summed E-state index contributed by atoms with van der Waals surface area (Å²) in [6.45, 7) is 11.3. The summed E-state index contributed by atoms with van der Waals surface area (Å²) in [5.74, 6) is 0.875. The van der Waals surface area contributed by atoms with E-state index in [0.717, 1.165) is 42.2 Å². The van der Waals surface area contributed by atoms with Gasteiger partial charge in [0, 0.05) is 18.6 Å². The van der Waals surface area contributed by atoms with Gasteiger partial charge >= 0.3 is 6.09 Å². The Morgan fingerprint density at radius 3 is 2.50 bits per heavy atom. The third-order valence-corrected chi connectivity index (χ3v) is 4.71. The summed E-state index contributed by atoms with van der Waals surface area (Å²) in [6.07, 6.45) is 4.25. The first kappa shape index (κ1) is 20.5. The number of nitrogens with one attached hydrogen (secondary N) is 2. The van der Waals surface area contributed by atoms with Gasteiger partial charge in [0.15, 0.2) is 5.96 Å². The monoisotopic (exact) mass is 386 g/mol. The van der Waals surface area contributed by atoms with Crippen molar-refractivity contribution >= 4 is 17.7 Å². The zero-order valence-electron chi connectivity index (χ0n) is 17.8. The summed E-state index contributed by atoms with van der Waals surface area (Å²) in [4.78, 5) is 19.3. The number of guanidine groups is 1. The number of hydrogen-bond acceptors (Lipinski definition) is 3. The van der Waals surface area contributed by atoms with Crippen molar-refractivity contribution in [1.82, 2.24) is 10.6 Å². The lowest BCUT2D eigenvalue weighted by molar-refractivity contribution is 0.0577. The summed E-state index contributed by atoms with van der Waals surface area (Å²) < 4.78 is 5.64. The van der Waals surface area contributed by atoms with Crippen molar-refractivity contribution in [1.29, 1.82) is 0 Å². The molecule has 154 valence electrons. The fourth-order valence-electron chi connectivity index (χ4n) is 3.09. The fraction of sp³-hybridized carbons (Fsp3) is 0.636. The molecular formula is C22H34N4O2. The number of hydrogen-bond donors (Lipinski definition) is 2. The average Bonchev–Trinajstić information content (AvgIpc) is 3.48. The molecule has 0 bridgehead atoms. The molecule has 0 aliphatic heterocycles. The van der Waals surface area contributed by atoms with Crippen LogP contribution in [0.2, 0.25) is 0 Å². The van der Waals surface area contributed by atoms with Crippen molar-refractivity contribution in [3.63, 3.8) is 0 Å². The van der Waals surface area contributed by atoms with E-state index in [2.05, 4.69) is 36.6 Å². The summed E-state index contributed by atoms with van der Waals surface area (Å²) in [7, 11) is 0. The Balaban J connectivity index is 1.72. The first-order valence-electron chi connectivity index (χ1n) is 10.4. The van der Waals surface area contributed by atoms with Gasteiger partial charge in [0.1, 0.15) is 5.60 Å². The quantitative estimate of drug-likeness (QED) is 0.570. The van der Waals surface area contributed by atoms with Gasteiger partial charge in [-0.25, -0.2) is 9.79 Å². The molecule has 6 heteroatoms. The van der Waals surface area contributed by atoms with Gasteiger partial charge in [-0.2, -0.15) is 0 Å². The van der Waals surface area contributed by atoms with Crippen LogP contribution in [-0.2, 0) is 11.3 Å². The summed E-state index contributed by atoms with van der Waals surface area (Å²) in [5.41, 5.74) is 2.65. The molecule has 0 aromatic heterocycles. The minimum Gasteiger partial charge on any atom is -0.443 e. The van der Waals surface area contributed by atoms with Gasteiger partial charge in [-0.3, -0.25) is 4.90 Å². The molecule has 0 unspecified atom stereocenters. The topological polar surface area (TPSA) is 66.0 Å². The number of ether oxygens (including phenoxy) is 1. The van der Waals surface area contributed by atoms with Crippen LogP contribution in [0.3, 0.4) is 0 Å². The summed E-state index contributed by atoms with van der Waals surface area (Å²) in [5, 5.41) is 6.73. The van der Waals surface area contributed by atoms with Gasteiger partial charge in [-0.15, -0.1) is 0 Å². The Hall–Kier alpha value is -2.24. The molecule has 6 nitrogen and oxygen atoms in total. The van der Waals surface area contributed by atoms with E-state index in [4.69, 9.17) is 9.73 Å². The molecule has 2 N–H and O–H groups in total. The van der Waals surface area contributed by atoms with Crippen molar-refractivity contribution in [2.75, 3.05) is 11.4 Å². The number of aliphatic imine (C=N–C) groups is 1. The van der Waals surface area contributed by atoms with Crippen molar-refractivity contribution in [3.05, 3.63) is 29.3 Å². The molecular weight excluding hydrogens is 352 g/mol. The van der Waals surface area contributed by atoms with E-state index >= 15 is 0 Å². The molecule has 1 aromatic rings. The number of carbonyl (C=O) groups is 1. The molecule has 3 rings (SSSR count). The Kier molecular flexibility index (Phi) is 6.16. The van der Waals surface area contributed by atoms with Crippen molar-refractivity contribution in [2.24, 2.45) is 4.99 Å². The maximum atomic E-state index is 12.7. The van der Waals surface area contributed by atoms with Gasteiger partial charge in [0.25, 0.3) is 0 Å². The highest BCUT2D eigenvalue weighted by Crippen LogP contribution is 2.35. The molecule has 1 aromatic carbocycles. The van der Waals surface area contributed by atoms with Crippen LogP contribution in [-0.4, -0.2) is 36.3 Å². The van der Waals surface area contributed by atoms with Crippen LogP contribution in [0.5, 0.6) is 0 Å². The van der Waals surface area contributed by atoms with E-state index in [1.165, 1.54) is 12.8 Å². The third-order valence-electron chi connectivity index (χ3n) is 4.71.